The van der Waals surface area contributed by atoms with Crippen LogP contribution in [0.4, 0.5) is 5.69 Å². The Morgan fingerprint density at radius 3 is 2.71 bits per heavy atom. The number of anilines is 1. The maximum Gasteiger partial charge on any atom is 0.250 e. The van der Waals surface area contributed by atoms with Gasteiger partial charge in [0.2, 0.25) is 5.91 Å². The quantitative estimate of drug-likeness (QED) is 0.890. The van der Waals surface area contributed by atoms with Gasteiger partial charge in [0.15, 0.2) is 0 Å². The van der Waals surface area contributed by atoms with Crippen molar-refractivity contribution < 1.29 is 4.79 Å². The molecule has 5 nitrogen and oxygen atoms in total. The van der Waals surface area contributed by atoms with Gasteiger partial charge in [-0.2, -0.15) is 0 Å². The summed E-state index contributed by atoms with van der Waals surface area (Å²) in [6, 6.07) is 3.14. The van der Waals surface area contributed by atoms with Crippen molar-refractivity contribution in [3.05, 3.63) is 28.7 Å². The molecule has 1 amide bonds. The number of carbonyl (C=O) groups is 1. The summed E-state index contributed by atoms with van der Waals surface area (Å²) in [5.74, 6) is 0.884. The van der Waals surface area contributed by atoms with Gasteiger partial charge in [0.05, 0.1) is 11.6 Å². The van der Waals surface area contributed by atoms with E-state index in [-0.39, 0.29) is 35.8 Å². The van der Waals surface area contributed by atoms with Crippen LogP contribution < -0.4 is 16.6 Å². The summed E-state index contributed by atoms with van der Waals surface area (Å²) >= 11 is 0. The minimum absolute atomic E-state index is 0. The van der Waals surface area contributed by atoms with Gasteiger partial charge in [0, 0.05) is 24.8 Å². The molecule has 4 unspecified atom stereocenters. The van der Waals surface area contributed by atoms with Gasteiger partial charge >= 0.3 is 0 Å². The Hall–Kier alpha value is -1.33. The van der Waals surface area contributed by atoms with Crippen LogP contribution in [0.15, 0.2) is 23.1 Å². The lowest BCUT2D eigenvalue weighted by Gasteiger charge is -2.27. The second-order valence-corrected chi connectivity index (χ2v) is 5.97. The number of pyridine rings is 1. The Morgan fingerprint density at radius 1 is 1.38 bits per heavy atom. The molecule has 2 aliphatic rings. The van der Waals surface area contributed by atoms with Crippen molar-refractivity contribution in [2.75, 3.05) is 5.32 Å². The number of aryl methyl sites for hydroxylation is 1. The number of nitrogens with zero attached hydrogens (tertiary/aromatic N) is 1. The zero-order valence-corrected chi connectivity index (χ0v) is 12.9. The number of rotatable bonds is 3. The largest absolute Gasteiger partial charge is 0.327 e. The van der Waals surface area contributed by atoms with Crippen LogP contribution >= 0.6 is 12.4 Å². The van der Waals surface area contributed by atoms with Gasteiger partial charge in [-0.1, -0.05) is 0 Å². The molecule has 0 aliphatic heterocycles. The van der Waals surface area contributed by atoms with E-state index in [0.29, 0.717) is 24.1 Å². The lowest BCUT2D eigenvalue weighted by molar-refractivity contribution is -0.121. The van der Waals surface area contributed by atoms with Crippen molar-refractivity contribution >= 4 is 24.0 Å². The average molecular weight is 312 g/mol. The van der Waals surface area contributed by atoms with Crippen molar-refractivity contribution in [2.45, 2.75) is 38.8 Å². The van der Waals surface area contributed by atoms with Crippen molar-refractivity contribution in [1.29, 1.82) is 0 Å². The molecule has 0 saturated heterocycles. The Bertz CT molecular complexity index is 585. The first-order chi connectivity index (χ1) is 9.60. The van der Waals surface area contributed by atoms with Crippen LogP contribution in [-0.4, -0.2) is 16.5 Å². The Morgan fingerprint density at radius 2 is 2.10 bits per heavy atom. The molecule has 21 heavy (non-hydrogen) atoms. The van der Waals surface area contributed by atoms with Gasteiger partial charge in [-0.15, -0.1) is 12.4 Å². The summed E-state index contributed by atoms with van der Waals surface area (Å²) in [7, 11) is 0. The van der Waals surface area contributed by atoms with E-state index in [1.165, 1.54) is 6.07 Å². The number of carbonyl (C=O) groups excluding carboxylic acids is 1. The first-order valence-corrected chi connectivity index (χ1v) is 7.37. The van der Waals surface area contributed by atoms with E-state index in [1.54, 1.807) is 16.8 Å². The first kappa shape index (κ1) is 16.0. The molecule has 1 heterocycles. The maximum absolute atomic E-state index is 12.4. The summed E-state index contributed by atoms with van der Waals surface area (Å²) in [6.45, 7) is 2.50. The lowest BCUT2D eigenvalue weighted by atomic mass is 9.84. The number of nitrogens with one attached hydrogen (secondary N) is 1. The van der Waals surface area contributed by atoms with E-state index in [9.17, 15) is 9.59 Å². The normalized spacial score (nSPS) is 30.0. The van der Waals surface area contributed by atoms with Crippen LogP contribution in [0.1, 0.15) is 26.2 Å². The molecule has 2 aliphatic carbocycles. The van der Waals surface area contributed by atoms with Crippen LogP contribution in [0.3, 0.4) is 0 Å². The second kappa shape index (κ2) is 6.20. The number of amides is 1. The molecule has 4 atom stereocenters. The summed E-state index contributed by atoms with van der Waals surface area (Å²) in [5, 5.41) is 2.92. The fraction of sp³-hybridized carbons (Fsp3) is 0.600. The number of hydrogen-bond donors (Lipinski definition) is 2. The van der Waals surface area contributed by atoms with Gasteiger partial charge < -0.3 is 15.6 Å². The Kier molecular flexibility index (Phi) is 4.74. The molecule has 0 radical (unpaired) electrons. The van der Waals surface area contributed by atoms with E-state index in [0.717, 1.165) is 19.3 Å². The van der Waals surface area contributed by atoms with Crippen LogP contribution in [-0.2, 0) is 11.3 Å². The molecular formula is C15H22ClN3O2. The molecule has 1 aromatic heterocycles. The van der Waals surface area contributed by atoms with Gasteiger partial charge in [-0.05, 0) is 44.1 Å². The number of nitrogens with two attached hydrogens (primary N) is 1. The maximum atomic E-state index is 12.4. The van der Waals surface area contributed by atoms with E-state index in [1.807, 2.05) is 6.92 Å². The fourth-order valence-corrected chi connectivity index (χ4v) is 3.80. The Labute approximate surface area is 130 Å². The minimum atomic E-state index is -0.0734. The zero-order chi connectivity index (χ0) is 14.3. The van der Waals surface area contributed by atoms with Gasteiger partial charge in [-0.25, -0.2) is 0 Å². The number of halogens is 1. The number of hydrogen-bond acceptors (Lipinski definition) is 3. The highest BCUT2D eigenvalue weighted by atomic mass is 35.5. The van der Waals surface area contributed by atoms with Crippen LogP contribution in [0.2, 0.25) is 0 Å². The van der Waals surface area contributed by atoms with E-state index in [4.69, 9.17) is 5.73 Å². The average Bonchev–Trinajstić information content (AvgIpc) is 3.01. The summed E-state index contributed by atoms with van der Waals surface area (Å²) in [6.07, 6.45) is 5.06. The first-order valence-electron chi connectivity index (χ1n) is 7.37. The van der Waals surface area contributed by atoms with Crippen molar-refractivity contribution in [3.63, 3.8) is 0 Å². The van der Waals surface area contributed by atoms with Gasteiger partial charge in [0.25, 0.3) is 5.56 Å². The smallest absolute Gasteiger partial charge is 0.250 e. The van der Waals surface area contributed by atoms with E-state index in [2.05, 4.69) is 5.32 Å². The molecule has 0 aromatic carbocycles. The van der Waals surface area contributed by atoms with Crippen LogP contribution in [0.5, 0.6) is 0 Å². The molecule has 2 saturated carbocycles. The number of fused-ring (bicyclic) bond motifs is 2. The topological polar surface area (TPSA) is 77.1 Å². The summed E-state index contributed by atoms with van der Waals surface area (Å²) < 4.78 is 1.58. The molecule has 116 valence electrons. The lowest BCUT2D eigenvalue weighted by Crippen LogP contribution is -2.42. The molecular weight excluding hydrogens is 290 g/mol. The van der Waals surface area contributed by atoms with Crippen LogP contribution in [0.25, 0.3) is 0 Å². The Balaban J connectivity index is 0.00000161. The number of aromatic nitrogens is 1. The molecule has 3 N–H and O–H groups in total. The predicted molar refractivity (Wildman–Crippen MR) is 84.6 cm³/mol. The molecule has 2 bridgehead atoms. The molecule has 1 aromatic rings. The van der Waals surface area contributed by atoms with Crippen molar-refractivity contribution in [1.82, 2.24) is 4.57 Å². The molecule has 0 spiro atoms. The highest BCUT2D eigenvalue weighted by Gasteiger charge is 2.49. The third kappa shape index (κ3) is 2.85. The predicted octanol–water partition coefficient (Wildman–Crippen LogP) is 1.60. The van der Waals surface area contributed by atoms with Gasteiger partial charge in [-0.3, -0.25) is 9.59 Å². The molecule has 2 fully saturated rings. The highest BCUT2D eigenvalue weighted by Crippen LogP contribution is 2.47. The highest BCUT2D eigenvalue weighted by molar-refractivity contribution is 5.93. The minimum Gasteiger partial charge on any atom is -0.327 e. The zero-order valence-electron chi connectivity index (χ0n) is 12.1. The monoisotopic (exact) mass is 311 g/mol. The fourth-order valence-electron chi connectivity index (χ4n) is 3.80. The standard InChI is InChI=1S/C15H21N3O2.ClH/c1-2-18-8-11(5-6-12(18)19)17-15(20)13-9-3-4-10(7-9)14(13)16;/h5-6,8-10,13-14H,2-4,7,16H2,1H3,(H,17,20);1H. The molecule has 3 rings (SSSR count). The third-order valence-corrected chi connectivity index (χ3v) is 4.88. The molecule has 6 heteroatoms. The second-order valence-electron chi connectivity index (χ2n) is 5.97. The summed E-state index contributed by atoms with van der Waals surface area (Å²) in [4.78, 5) is 24.0. The van der Waals surface area contributed by atoms with Gasteiger partial charge in [0.1, 0.15) is 0 Å². The van der Waals surface area contributed by atoms with Crippen molar-refractivity contribution in [3.8, 4) is 0 Å². The van der Waals surface area contributed by atoms with E-state index < -0.39 is 0 Å². The van der Waals surface area contributed by atoms with Crippen LogP contribution in [0, 0.1) is 17.8 Å². The van der Waals surface area contributed by atoms with E-state index >= 15 is 0 Å². The summed E-state index contributed by atoms with van der Waals surface area (Å²) in [5.41, 5.74) is 6.80. The third-order valence-electron chi connectivity index (χ3n) is 4.88. The van der Waals surface area contributed by atoms with Crippen molar-refractivity contribution in [2.24, 2.45) is 23.5 Å². The SMILES string of the molecule is CCn1cc(NC(=O)C2C3CCC(C3)C2N)ccc1=O.Cl.